The molecule has 7 heteroatoms. The zero-order chi connectivity index (χ0) is 21.1. The van der Waals surface area contributed by atoms with Gasteiger partial charge in [0.05, 0.1) is 23.0 Å². The van der Waals surface area contributed by atoms with E-state index in [1.165, 1.54) is 5.56 Å². The van der Waals surface area contributed by atoms with Gasteiger partial charge < -0.3 is 9.47 Å². The molecule has 31 heavy (non-hydrogen) atoms. The van der Waals surface area contributed by atoms with Crippen LogP contribution in [0.1, 0.15) is 17.5 Å². The molecule has 2 aromatic heterocycles. The van der Waals surface area contributed by atoms with Crippen LogP contribution in [0.5, 0.6) is 0 Å². The first-order chi connectivity index (χ1) is 15.1. The van der Waals surface area contributed by atoms with Gasteiger partial charge in [-0.15, -0.1) is 5.10 Å². The van der Waals surface area contributed by atoms with E-state index < -0.39 is 6.17 Å². The monoisotopic (exact) mass is 412 g/mol. The minimum absolute atomic E-state index is 0.465. The number of rotatable bonds is 2. The number of hydrogen-bond donors (Lipinski definition) is 0. The topological polar surface area (TPSA) is 54.7 Å². The van der Waals surface area contributed by atoms with Gasteiger partial charge in [0, 0.05) is 44.1 Å². The molecular formula is C24H21FN6. The van der Waals surface area contributed by atoms with Gasteiger partial charge in [0.15, 0.2) is 5.82 Å². The summed E-state index contributed by atoms with van der Waals surface area (Å²) in [7, 11) is 1.94. The fourth-order valence-electron chi connectivity index (χ4n) is 4.71. The Morgan fingerprint density at radius 3 is 2.65 bits per heavy atom. The van der Waals surface area contributed by atoms with Crippen molar-refractivity contribution in [3.63, 3.8) is 0 Å². The van der Waals surface area contributed by atoms with E-state index in [4.69, 9.17) is 5.26 Å². The summed E-state index contributed by atoms with van der Waals surface area (Å²) in [6.45, 7) is 1.94. The van der Waals surface area contributed by atoms with E-state index in [0.717, 1.165) is 40.6 Å². The van der Waals surface area contributed by atoms with Gasteiger partial charge in [-0.05, 0) is 53.9 Å². The largest absolute Gasteiger partial charge is 0.368 e. The van der Waals surface area contributed by atoms with Gasteiger partial charge in [-0.2, -0.15) is 5.26 Å². The Bertz CT molecular complexity index is 1330. The molecule has 0 saturated carbocycles. The fraction of sp³-hybridized carbons (Fsp3) is 0.250. The third kappa shape index (κ3) is 2.79. The van der Waals surface area contributed by atoms with Gasteiger partial charge in [0.1, 0.15) is 6.17 Å². The normalized spacial score (nSPS) is 17.1. The first kappa shape index (κ1) is 18.0. The molecule has 4 heterocycles. The number of fused-ring (bicyclic) bond motifs is 5. The van der Waals surface area contributed by atoms with Crippen LogP contribution in [0, 0.1) is 11.3 Å². The van der Waals surface area contributed by atoms with E-state index in [2.05, 4.69) is 55.8 Å². The van der Waals surface area contributed by atoms with Gasteiger partial charge in [0.25, 0.3) is 0 Å². The molecule has 0 amide bonds. The summed E-state index contributed by atoms with van der Waals surface area (Å²) in [5, 5.41) is 13.7. The average molecular weight is 412 g/mol. The van der Waals surface area contributed by atoms with Crippen LogP contribution in [0.4, 0.5) is 10.1 Å². The van der Waals surface area contributed by atoms with Gasteiger partial charge in [-0.1, -0.05) is 12.1 Å². The molecule has 1 fully saturated rings. The predicted molar refractivity (Wildman–Crippen MR) is 117 cm³/mol. The number of alkyl halides is 1. The van der Waals surface area contributed by atoms with Crippen LogP contribution in [-0.4, -0.2) is 38.4 Å². The number of nitrogens with zero attached hydrogens (tertiary/aromatic N) is 6. The number of aryl methyl sites for hydroxylation is 1. The molecule has 4 aromatic rings. The number of halogens is 1. The highest BCUT2D eigenvalue weighted by atomic mass is 19.1. The summed E-state index contributed by atoms with van der Waals surface area (Å²) in [5.41, 5.74) is 7.23. The van der Waals surface area contributed by atoms with Crippen LogP contribution in [0.15, 0.2) is 54.7 Å². The highest BCUT2D eigenvalue weighted by Crippen LogP contribution is 2.36. The Hall–Kier alpha value is -3.79. The van der Waals surface area contributed by atoms with E-state index >= 15 is 0 Å². The lowest BCUT2D eigenvalue weighted by atomic mass is 10.1. The zero-order valence-corrected chi connectivity index (χ0v) is 17.2. The molecule has 0 radical (unpaired) electrons. The summed E-state index contributed by atoms with van der Waals surface area (Å²) in [6.07, 6.45) is 1.99. The minimum Gasteiger partial charge on any atom is -0.368 e. The summed E-state index contributed by atoms with van der Waals surface area (Å²) < 4.78 is 18.1. The van der Waals surface area contributed by atoms with Crippen molar-refractivity contribution in [2.24, 2.45) is 7.05 Å². The first-order valence-corrected chi connectivity index (χ1v) is 10.5. The van der Waals surface area contributed by atoms with Crippen molar-refractivity contribution in [3.8, 4) is 34.4 Å². The van der Waals surface area contributed by atoms with Crippen molar-refractivity contribution in [2.75, 3.05) is 18.0 Å². The number of nitriles is 1. The molecule has 154 valence electrons. The van der Waals surface area contributed by atoms with E-state index in [1.807, 2.05) is 36.1 Å². The number of aromatic nitrogens is 4. The van der Waals surface area contributed by atoms with Crippen molar-refractivity contribution in [2.45, 2.75) is 19.1 Å². The highest BCUT2D eigenvalue weighted by Gasteiger charge is 2.27. The van der Waals surface area contributed by atoms with Crippen LogP contribution in [0.2, 0.25) is 0 Å². The van der Waals surface area contributed by atoms with Crippen molar-refractivity contribution in [3.05, 3.63) is 65.9 Å². The van der Waals surface area contributed by atoms with Gasteiger partial charge in [-0.25, -0.2) is 13.9 Å². The van der Waals surface area contributed by atoms with Crippen LogP contribution < -0.4 is 4.90 Å². The lowest BCUT2D eigenvalue weighted by molar-refractivity contribution is 0.364. The molecule has 0 bridgehead atoms. The second-order valence-corrected chi connectivity index (χ2v) is 8.30. The maximum atomic E-state index is 13.8. The summed E-state index contributed by atoms with van der Waals surface area (Å²) in [4.78, 5) is 3.98. The Labute approximate surface area is 179 Å². The Balaban J connectivity index is 1.43. The molecule has 0 aliphatic carbocycles. The second-order valence-electron chi connectivity index (χ2n) is 8.30. The molecule has 2 aromatic carbocycles. The lowest BCUT2D eigenvalue weighted by Gasteiger charge is -2.23. The molecule has 0 N–H and O–H groups in total. The Morgan fingerprint density at radius 2 is 1.94 bits per heavy atom. The molecule has 1 saturated heterocycles. The van der Waals surface area contributed by atoms with E-state index in [1.54, 1.807) is 0 Å². The number of anilines is 1. The Kier molecular flexibility index (Phi) is 3.84. The van der Waals surface area contributed by atoms with E-state index in [-0.39, 0.29) is 0 Å². The number of benzene rings is 2. The smallest absolute Gasteiger partial charge is 0.199 e. The third-order valence-electron chi connectivity index (χ3n) is 6.33. The first-order valence-electron chi connectivity index (χ1n) is 10.5. The van der Waals surface area contributed by atoms with Gasteiger partial charge in [0.2, 0.25) is 0 Å². The molecule has 6 rings (SSSR count). The maximum absolute atomic E-state index is 13.8. The predicted octanol–water partition coefficient (Wildman–Crippen LogP) is 4.13. The van der Waals surface area contributed by atoms with Crippen LogP contribution >= 0.6 is 0 Å². The van der Waals surface area contributed by atoms with E-state index in [0.29, 0.717) is 25.1 Å². The SMILES string of the molecule is Cn1nc2n1-c1ccc(N3CC[C@@H](F)C3)cc1Cn1cc(-c3ccc(C#N)cc3)cc1-2. The molecule has 6 nitrogen and oxygen atoms in total. The van der Waals surface area contributed by atoms with Crippen molar-refractivity contribution in [1.82, 2.24) is 19.1 Å². The van der Waals surface area contributed by atoms with Crippen molar-refractivity contribution < 1.29 is 4.39 Å². The highest BCUT2D eigenvalue weighted by molar-refractivity contribution is 5.72. The Morgan fingerprint density at radius 1 is 1.10 bits per heavy atom. The van der Waals surface area contributed by atoms with Crippen molar-refractivity contribution >= 4 is 5.69 Å². The second kappa shape index (κ2) is 6.61. The van der Waals surface area contributed by atoms with Crippen LogP contribution in [0.25, 0.3) is 28.3 Å². The molecule has 2 aliphatic heterocycles. The zero-order valence-electron chi connectivity index (χ0n) is 17.2. The summed E-state index contributed by atoms with van der Waals surface area (Å²) in [5.74, 6) is 0.916. The summed E-state index contributed by atoms with van der Waals surface area (Å²) >= 11 is 0. The van der Waals surface area contributed by atoms with Crippen LogP contribution in [0.3, 0.4) is 0 Å². The molecule has 0 unspecified atom stereocenters. The average Bonchev–Trinajstić information content (AvgIpc) is 3.37. The maximum Gasteiger partial charge on any atom is 0.199 e. The summed E-state index contributed by atoms with van der Waals surface area (Å²) in [6, 6.07) is 18.4. The molecule has 2 aliphatic rings. The van der Waals surface area contributed by atoms with Gasteiger partial charge in [-0.3, -0.25) is 0 Å². The fourth-order valence-corrected chi connectivity index (χ4v) is 4.71. The van der Waals surface area contributed by atoms with Crippen molar-refractivity contribution in [1.29, 1.82) is 5.26 Å². The molecule has 0 spiro atoms. The molecule has 1 atom stereocenters. The third-order valence-corrected chi connectivity index (χ3v) is 6.33. The minimum atomic E-state index is -0.745. The lowest BCUT2D eigenvalue weighted by Crippen LogP contribution is -2.25. The van der Waals surface area contributed by atoms with Crippen LogP contribution in [-0.2, 0) is 13.6 Å². The quantitative estimate of drug-likeness (QED) is 0.438. The van der Waals surface area contributed by atoms with Gasteiger partial charge >= 0.3 is 0 Å². The standard InChI is InChI=1S/C24H21FN6/c1-28-27-24-23-11-18(17-4-2-16(12-26)3-5-17)13-30(23)14-19-10-21(6-7-22(19)31(24)28)29-9-8-20(25)15-29/h2-7,10-11,13,20H,8-9,14-15H2,1H3/t20-/m1/s1. The molecular weight excluding hydrogens is 391 g/mol. The van der Waals surface area contributed by atoms with E-state index in [9.17, 15) is 4.39 Å². The number of hydrogen-bond acceptors (Lipinski definition) is 3.